The van der Waals surface area contributed by atoms with Crippen molar-refractivity contribution in [2.24, 2.45) is 5.92 Å². The highest BCUT2D eigenvalue weighted by Gasteiger charge is 2.56. The number of thiazole rings is 1. The molecular formula is C28H19FN4O6S2. The first-order valence-corrected chi connectivity index (χ1v) is 14.1. The first kappa shape index (κ1) is 26.6. The zero-order chi connectivity index (χ0) is 28.8. The van der Waals surface area contributed by atoms with E-state index in [1.165, 1.54) is 53.1 Å². The molecule has 0 saturated carbocycles. The number of carbonyl (C=O) groups is 3. The van der Waals surface area contributed by atoms with E-state index in [-0.39, 0.29) is 17.9 Å². The maximum absolute atomic E-state index is 13.8. The molecule has 13 heteroatoms. The third-order valence-electron chi connectivity index (χ3n) is 6.96. The second-order valence-electron chi connectivity index (χ2n) is 9.42. The Morgan fingerprint density at radius 1 is 0.951 bits per heavy atom. The Morgan fingerprint density at radius 2 is 1.63 bits per heavy atom. The number of thioether (sulfide) groups is 1. The van der Waals surface area contributed by atoms with Crippen LogP contribution < -0.4 is 15.1 Å². The average molecular weight is 591 g/mol. The van der Waals surface area contributed by atoms with Gasteiger partial charge in [0.15, 0.2) is 0 Å². The SMILES string of the molecule is O=C(Cn1c2c(sc1=O)[C@@H](c1ccc(F)cc1)[C@H]1C(=O)N(c3ccc([N+](=O)[O-])cc3)C(=O)[C@H]1S2)Nc1ccccc1. The molecule has 1 fully saturated rings. The number of rotatable bonds is 6. The number of benzene rings is 3. The van der Waals surface area contributed by atoms with Crippen LogP contribution in [0.5, 0.6) is 0 Å². The van der Waals surface area contributed by atoms with Gasteiger partial charge >= 0.3 is 4.87 Å². The summed E-state index contributed by atoms with van der Waals surface area (Å²) in [7, 11) is 0. The number of aromatic nitrogens is 1. The summed E-state index contributed by atoms with van der Waals surface area (Å²) in [5.41, 5.74) is 1.09. The van der Waals surface area contributed by atoms with E-state index < -0.39 is 50.4 Å². The van der Waals surface area contributed by atoms with Gasteiger partial charge in [-0.15, -0.1) is 0 Å². The van der Waals surface area contributed by atoms with Gasteiger partial charge in [0.2, 0.25) is 17.7 Å². The summed E-state index contributed by atoms with van der Waals surface area (Å²) in [5.74, 6) is -3.69. The number of amides is 3. The van der Waals surface area contributed by atoms with Gasteiger partial charge in [0.1, 0.15) is 17.6 Å². The van der Waals surface area contributed by atoms with Crippen LogP contribution in [0.4, 0.5) is 21.5 Å². The fourth-order valence-corrected chi connectivity index (χ4v) is 7.90. The van der Waals surface area contributed by atoms with Crippen LogP contribution in [-0.2, 0) is 20.9 Å². The molecule has 4 aromatic rings. The summed E-state index contributed by atoms with van der Waals surface area (Å²) >= 11 is 1.92. The van der Waals surface area contributed by atoms with Gasteiger partial charge in [0, 0.05) is 28.6 Å². The van der Waals surface area contributed by atoms with Gasteiger partial charge in [-0.2, -0.15) is 0 Å². The summed E-state index contributed by atoms with van der Waals surface area (Å²) in [4.78, 5) is 65.2. The Hall–Kier alpha value is -4.62. The number of carbonyl (C=O) groups excluding carboxylic acids is 3. The van der Waals surface area contributed by atoms with E-state index in [4.69, 9.17) is 0 Å². The van der Waals surface area contributed by atoms with Gasteiger partial charge in [-0.1, -0.05) is 53.4 Å². The topological polar surface area (TPSA) is 132 Å². The fraction of sp³-hybridized carbons (Fsp3) is 0.143. The molecule has 2 aliphatic rings. The molecule has 1 saturated heterocycles. The molecule has 0 bridgehead atoms. The lowest BCUT2D eigenvalue weighted by atomic mass is 9.83. The number of anilines is 2. The van der Waals surface area contributed by atoms with Crippen molar-refractivity contribution in [1.29, 1.82) is 0 Å². The number of hydrogen-bond acceptors (Lipinski definition) is 8. The standard InChI is InChI=1S/C28H19FN4O6S2/c29-16-8-6-15(7-9-16)21-22-23(26(36)32(25(22)35)18-10-12-19(13-11-18)33(38)39)40-27-24(21)41-28(37)31(27)14-20(34)30-17-4-2-1-3-5-17/h1-13,21-23H,14H2,(H,30,34)/t21-,22+,23-/m0/s1. The third kappa shape index (κ3) is 4.72. The van der Waals surface area contributed by atoms with Crippen molar-refractivity contribution in [3.8, 4) is 0 Å². The molecule has 3 atom stereocenters. The minimum absolute atomic E-state index is 0.182. The fourth-order valence-electron chi connectivity index (χ4n) is 5.13. The highest BCUT2D eigenvalue weighted by atomic mass is 32.2. The molecule has 41 heavy (non-hydrogen) atoms. The van der Waals surface area contributed by atoms with Gasteiger partial charge in [0.25, 0.3) is 5.69 Å². The Bertz CT molecular complexity index is 1760. The van der Waals surface area contributed by atoms with Crippen LogP contribution in [0.3, 0.4) is 0 Å². The molecule has 0 aliphatic carbocycles. The summed E-state index contributed by atoms with van der Waals surface area (Å²) < 4.78 is 15.1. The molecule has 0 spiro atoms. The Balaban J connectivity index is 1.40. The zero-order valence-corrected chi connectivity index (χ0v) is 22.6. The number of nitro groups is 1. The van der Waals surface area contributed by atoms with Gasteiger partial charge in [0.05, 0.1) is 21.6 Å². The minimum Gasteiger partial charge on any atom is -0.325 e. The molecule has 206 valence electrons. The van der Waals surface area contributed by atoms with Crippen molar-refractivity contribution in [2.75, 3.05) is 10.2 Å². The number of nitro benzene ring substituents is 1. The van der Waals surface area contributed by atoms with Crippen LogP contribution in [0, 0.1) is 21.8 Å². The molecule has 3 amide bonds. The van der Waals surface area contributed by atoms with Crippen LogP contribution in [-0.4, -0.2) is 32.5 Å². The number of nitrogens with one attached hydrogen (secondary N) is 1. The number of hydrogen-bond donors (Lipinski definition) is 1. The lowest BCUT2D eigenvalue weighted by Crippen LogP contribution is -2.33. The molecule has 0 radical (unpaired) electrons. The molecule has 1 aromatic heterocycles. The van der Waals surface area contributed by atoms with Crippen LogP contribution in [0.2, 0.25) is 0 Å². The maximum Gasteiger partial charge on any atom is 0.308 e. The Labute approximate surface area is 239 Å². The third-order valence-corrected chi connectivity index (χ3v) is 9.56. The van der Waals surface area contributed by atoms with Crippen LogP contribution in [0.1, 0.15) is 16.4 Å². The smallest absolute Gasteiger partial charge is 0.308 e. The lowest BCUT2D eigenvalue weighted by Gasteiger charge is -2.30. The van der Waals surface area contributed by atoms with Gasteiger partial charge < -0.3 is 5.32 Å². The van der Waals surface area contributed by atoms with E-state index in [0.29, 0.717) is 21.2 Å². The number of para-hydroxylation sites is 1. The van der Waals surface area contributed by atoms with Gasteiger partial charge in [-0.3, -0.25) is 33.9 Å². The summed E-state index contributed by atoms with van der Waals surface area (Å²) in [6.07, 6.45) is 0. The van der Waals surface area contributed by atoms with Crippen molar-refractivity contribution < 1.29 is 23.7 Å². The molecule has 2 aliphatic heterocycles. The van der Waals surface area contributed by atoms with Gasteiger partial charge in [-0.05, 0) is 42.0 Å². The largest absolute Gasteiger partial charge is 0.325 e. The molecule has 3 aromatic carbocycles. The van der Waals surface area contributed by atoms with E-state index >= 15 is 0 Å². The maximum atomic E-state index is 13.8. The zero-order valence-electron chi connectivity index (χ0n) is 20.9. The van der Waals surface area contributed by atoms with E-state index in [1.54, 1.807) is 30.3 Å². The minimum atomic E-state index is -0.947. The van der Waals surface area contributed by atoms with E-state index in [0.717, 1.165) is 28.0 Å². The Kier molecular flexibility index (Phi) is 6.75. The Morgan fingerprint density at radius 3 is 2.29 bits per heavy atom. The molecule has 6 rings (SSSR count). The number of non-ortho nitro benzene ring substituents is 1. The molecule has 1 N–H and O–H groups in total. The second kappa shape index (κ2) is 10.4. The molecule has 10 nitrogen and oxygen atoms in total. The van der Waals surface area contributed by atoms with Crippen molar-refractivity contribution in [2.45, 2.75) is 22.7 Å². The lowest BCUT2D eigenvalue weighted by molar-refractivity contribution is -0.384. The van der Waals surface area contributed by atoms with Crippen molar-refractivity contribution in [3.63, 3.8) is 0 Å². The monoisotopic (exact) mass is 590 g/mol. The number of nitrogens with zero attached hydrogens (tertiary/aromatic N) is 3. The predicted octanol–water partition coefficient (Wildman–Crippen LogP) is 4.39. The predicted molar refractivity (Wildman–Crippen MR) is 151 cm³/mol. The van der Waals surface area contributed by atoms with Crippen molar-refractivity contribution >= 4 is 57.9 Å². The van der Waals surface area contributed by atoms with Gasteiger partial charge in [-0.25, -0.2) is 9.29 Å². The molecular weight excluding hydrogens is 571 g/mol. The number of halogens is 1. The first-order chi connectivity index (χ1) is 19.7. The highest BCUT2D eigenvalue weighted by Crippen LogP contribution is 2.53. The number of fused-ring (bicyclic) bond motifs is 2. The van der Waals surface area contributed by atoms with Crippen LogP contribution >= 0.6 is 23.1 Å². The van der Waals surface area contributed by atoms with E-state index in [2.05, 4.69) is 5.32 Å². The average Bonchev–Trinajstić information content (AvgIpc) is 3.40. The van der Waals surface area contributed by atoms with Crippen molar-refractivity contribution in [3.05, 3.63) is 115 Å². The van der Waals surface area contributed by atoms with E-state index in [9.17, 15) is 33.7 Å². The summed E-state index contributed by atoms with van der Waals surface area (Å²) in [6, 6.07) is 19.4. The second-order valence-corrected chi connectivity index (χ2v) is 11.5. The van der Waals surface area contributed by atoms with Crippen LogP contribution in [0.15, 0.2) is 88.7 Å². The molecule has 0 unspecified atom stereocenters. The summed E-state index contributed by atoms with van der Waals surface area (Å²) in [6.45, 7) is -0.311. The quantitative estimate of drug-likeness (QED) is 0.200. The van der Waals surface area contributed by atoms with Crippen LogP contribution in [0.25, 0.3) is 0 Å². The number of imide groups is 1. The summed E-state index contributed by atoms with van der Waals surface area (Å²) in [5, 5.41) is 13.3. The van der Waals surface area contributed by atoms with Crippen molar-refractivity contribution in [1.82, 2.24) is 4.57 Å². The van der Waals surface area contributed by atoms with E-state index in [1.807, 2.05) is 0 Å². The first-order valence-electron chi connectivity index (χ1n) is 12.4. The highest BCUT2D eigenvalue weighted by molar-refractivity contribution is 8.00. The normalized spacial score (nSPS) is 19.5. The molecule has 3 heterocycles.